The summed E-state index contributed by atoms with van der Waals surface area (Å²) in [7, 11) is 4.29. The number of hydrogen-bond acceptors (Lipinski definition) is 5. The van der Waals surface area contributed by atoms with E-state index >= 15 is 0 Å². The van der Waals surface area contributed by atoms with Crippen LogP contribution in [0.1, 0.15) is 0 Å². The Hall–Kier alpha value is -3.29. The van der Waals surface area contributed by atoms with Crippen LogP contribution < -0.4 is 24.8 Å². The third-order valence-corrected chi connectivity index (χ3v) is 3.25. The minimum absolute atomic E-state index is 0.0902. The summed E-state index contributed by atoms with van der Waals surface area (Å²) in [5.74, 6) is -1.66. The first kappa shape index (κ1) is 18.1. The number of carbonyl (C=O) groups is 2. The van der Waals surface area contributed by atoms with E-state index in [1.54, 1.807) is 0 Å². The Balaban J connectivity index is 2.17. The minimum atomic E-state index is -1.01. The molecule has 0 aliphatic carbocycles. The number of nitrogens with one attached hydrogen (secondary N) is 2. The van der Waals surface area contributed by atoms with Crippen molar-refractivity contribution in [2.45, 2.75) is 0 Å². The molecule has 0 bridgehead atoms. The molecule has 2 N–H and O–H groups in total. The summed E-state index contributed by atoms with van der Waals surface area (Å²) in [6.07, 6.45) is 0. The molecule has 2 aromatic carbocycles. The van der Waals surface area contributed by atoms with Gasteiger partial charge in [0.2, 0.25) is 5.75 Å². The van der Waals surface area contributed by atoms with Crippen molar-refractivity contribution in [2.24, 2.45) is 0 Å². The zero-order valence-electron chi connectivity index (χ0n) is 13.9. The van der Waals surface area contributed by atoms with Crippen LogP contribution in [0.3, 0.4) is 0 Å². The highest BCUT2D eigenvalue weighted by Gasteiger charge is 2.19. The normalized spacial score (nSPS) is 9.92. The maximum absolute atomic E-state index is 13.5. The largest absolute Gasteiger partial charge is 0.493 e. The molecule has 0 radical (unpaired) electrons. The lowest BCUT2D eigenvalue weighted by Crippen LogP contribution is -2.29. The van der Waals surface area contributed by atoms with Gasteiger partial charge in [0.05, 0.1) is 27.0 Å². The number of amides is 2. The molecule has 0 saturated carbocycles. The fourth-order valence-electron chi connectivity index (χ4n) is 2.08. The van der Waals surface area contributed by atoms with E-state index in [9.17, 15) is 14.0 Å². The quantitative estimate of drug-likeness (QED) is 0.811. The summed E-state index contributed by atoms with van der Waals surface area (Å²) in [5.41, 5.74) is 0.163. The van der Waals surface area contributed by atoms with Gasteiger partial charge in [-0.05, 0) is 12.1 Å². The number of carbonyl (C=O) groups excluding carboxylic acids is 2. The molecular formula is C17H17FN2O5. The summed E-state index contributed by atoms with van der Waals surface area (Å²) < 4.78 is 29.0. The molecule has 0 aromatic heterocycles. The SMILES string of the molecule is COc1cc(NC(=O)C(=O)Nc2ccccc2F)cc(OC)c1OC. The van der Waals surface area contributed by atoms with Crippen LogP contribution in [-0.2, 0) is 9.59 Å². The molecule has 132 valence electrons. The Bertz CT molecular complexity index is 769. The van der Waals surface area contributed by atoms with Crippen molar-refractivity contribution in [3.05, 3.63) is 42.2 Å². The maximum atomic E-state index is 13.5. The number of anilines is 2. The molecule has 0 spiro atoms. The van der Waals surface area contributed by atoms with Gasteiger partial charge in [-0.15, -0.1) is 0 Å². The van der Waals surface area contributed by atoms with Gasteiger partial charge in [0.1, 0.15) is 5.82 Å². The van der Waals surface area contributed by atoms with E-state index in [4.69, 9.17) is 14.2 Å². The molecule has 2 rings (SSSR count). The third-order valence-electron chi connectivity index (χ3n) is 3.25. The van der Waals surface area contributed by atoms with Crippen molar-refractivity contribution in [3.63, 3.8) is 0 Å². The molecule has 8 heteroatoms. The number of para-hydroxylation sites is 1. The van der Waals surface area contributed by atoms with Crippen molar-refractivity contribution < 1.29 is 28.2 Å². The molecule has 0 saturated heterocycles. The Morgan fingerprint density at radius 1 is 0.880 bits per heavy atom. The fraction of sp³-hybridized carbons (Fsp3) is 0.176. The van der Waals surface area contributed by atoms with E-state index in [2.05, 4.69) is 10.6 Å². The van der Waals surface area contributed by atoms with Crippen molar-refractivity contribution in [1.29, 1.82) is 0 Å². The van der Waals surface area contributed by atoms with Gasteiger partial charge in [-0.2, -0.15) is 0 Å². The number of rotatable bonds is 5. The van der Waals surface area contributed by atoms with Crippen LogP contribution in [0, 0.1) is 5.82 Å². The molecule has 0 unspecified atom stereocenters. The monoisotopic (exact) mass is 348 g/mol. The smallest absolute Gasteiger partial charge is 0.314 e. The predicted octanol–water partition coefficient (Wildman–Crippen LogP) is 2.43. The van der Waals surface area contributed by atoms with Crippen molar-refractivity contribution in [1.82, 2.24) is 0 Å². The minimum Gasteiger partial charge on any atom is -0.493 e. The summed E-state index contributed by atoms with van der Waals surface area (Å²) in [5, 5.41) is 4.59. The molecule has 0 aliphatic rings. The van der Waals surface area contributed by atoms with Gasteiger partial charge in [0.25, 0.3) is 0 Å². The highest BCUT2D eigenvalue weighted by Crippen LogP contribution is 2.39. The van der Waals surface area contributed by atoms with Crippen LogP contribution >= 0.6 is 0 Å². The van der Waals surface area contributed by atoms with Crippen LogP contribution in [0.5, 0.6) is 17.2 Å². The van der Waals surface area contributed by atoms with E-state index in [1.807, 2.05) is 0 Å². The van der Waals surface area contributed by atoms with Crippen LogP contribution in [0.15, 0.2) is 36.4 Å². The van der Waals surface area contributed by atoms with Gasteiger partial charge >= 0.3 is 11.8 Å². The topological polar surface area (TPSA) is 85.9 Å². The second kappa shape index (κ2) is 8.00. The number of methoxy groups -OCH3 is 3. The molecular weight excluding hydrogens is 331 g/mol. The molecule has 7 nitrogen and oxygen atoms in total. The van der Waals surface area contributed by atoms with Crippen molar-refractivity contribution in [2.75, 3.05) is 32.0 Å². The van der Waals surface area contributed by atoms with Gasteiger partial charge in [-0.3, -0.25) is 9.59 Å². The van der Waals surface area contributed by atoms with E-state index < -0.39 is 17.6 Å². The second-order valence-electron chi connectivity index (χ2n) is 4.80. The van der Waals surface area contributed by atoms with Crippen LogP contribution in [0.4, 0.5) is 15.8 Å². The van der Waals surface area contributed by atoms with Crippen LogP contribution in [0.25, 0.3) is 0 Å². The van der Waals surface area contributed by atoms with Crippen LogP contribution in [-0.4, -0.2) is 33.1 Å². The number of halogens is 1. The third kappa shape index (κ3) is 4.17. The number of hydrogen-bond donors (Lipinski definition) is 2. The van der Waals surface area contributed by atoms with Crippen molar-refractivity contribution in [3.8, 4) is 17.2 Å². The molecule has 0 atom stereocenters. The fourth-order valence-corrected chi connectivity index (χ4v) is 2.08. The van der Waals surface area contributed by atoms with E-state index in [1.165, 1.54) is 57.7 Å². The van der Waals surface area contributed by atoms with Crippen LogP contribution in [0.2, 0.25) is 0 Å². The molecule has 0 heterocycles. The van der Waals surface area contributed by atoms with E-state index in [0.29, 0.717) is 17.2 Å². The first-order valence-corrected chi connectivity index (χ1v) is 7.17. The Kier molecular flexibility index (Phi) is 5.78. The summed E-state index contributed by atoms with van der Waals surface area (Å²) in [4.78, 5) is 23.9. The first-order chi connectivity index (χ1) is 12.0. The Morgan fingerprint density at radius 2 is 1.44 bits per heavy atom. The zero-order valence-corrected chi connectivity index (χ0v) is 13.9. The van der Waals surface area contributed by atoms with Gasteiger partial charge in [-0.25, -0.2) is 4.39 Å². The molecule has 2 amide bonds. The molecule has 0 aliphatic heterocycles. The lowest BCUT2D eigenvalue weighted by Gasteiger charge is -2.14. The Labute approximate surface area is 143 Å². The van der Waals surface area contributed by atoms with Gasteiger partial charge in [0, 0.05) is 17.8 Å². The molecule has 25 heavy (non-hydrogen) atoms. The van der Waals surface area contributed by atoms with Gasteiger partial charge in [-0.1, -0.05) is 12.1 Å². The maximum Gasteiger partial charge on any atom is 0.314 e. The van der Waals surface area contributed by atoms with Crippen molar-refractivity contribution >= 4 is 23.2 Å². The lowest BCUT2D eigenvalue weighted by molar-refractivity contribution is -0.133. The average Bonchev–Trinajstić information content (AvgIpc) is 2.62. The van der Waals surface area contributed by atoms with E-state index in [0.717, 1.165) is 0 Å². The summed E-state index contributed by atoms with van der Waals surface area (Å²) >= 11 is 0. The summed E-state index contributed by atoms with van der Waals surface area (Å²) in [6.45, 7) is 0. The average molecular weight is 348 g/mol. The number of ether oxygens (including phenoxy) is 3. The standard InChI is InChI=1S/C17H17FN2O5/c1-23-13-8-10(9-14(24-2)15(13)25-3)19-16(21)17(22)20-12-7-5-4-6-11(12)18/h4-9H,1-3H3,(H,19,21)(H,20,22). The lowest BCUT2D eigenvalue weighted by atomic mass is 10.2. The molecule has 0 fully saturated rings. The van der Waals surface area contributed by atoms with E-state index in [-0.39, 0.29) is 11.4 Å². The molecule has 2 aromatic rings. The zero-order chi connectivity index (χ0) is 18.4. The van der Waals surface area contributed by atoms with Gasteiger partial charge < -0.3 is 24.8 Å². The highest BCUT2D eigenvalue weighted by molar-refractivity contribution is 6.43. The predicted molar refractivity (Wildman–Crippen MR) is 89.8 cm³/mol. The Morgan fingerprint density at radius 3 is 1.96 bits per heavy atom. The second-order valence-corrected chi connectivity index (χ2v) is 4.80. The number of benzene rings is 2. The summed E-state index contributed by atoms with van der Waals surface area (Å²) in [6, 6.07) is 8.47. The first-order valence-electron chi connectivity index (χ1n) is 7.17. The van der Waals surface area contributed by atoms with Gasteiger partial charge in [0.15, 0.2) is 11.5 Å². The highest BCUT2D eigenvalue weighted by atomic mass is 19.1.